The van der Waals surface area contributed by atoms with Crippen molar-refractivity contribution in [3.8, 4) is 22.3 Å². The Bertz CT molecular complexity index is 989. The standard InChI is InChI=1S/C24H22N2O2/c1-15-19(17-9-5-3-6-10-17)20(18-11-7-4-8-12-18)16(2)22-21(15)23(27)26(14-13-25)24(22)28/h3-12H,13-14,25H2,1-2H3. The Balaban J connectivity index is 2.09. The maximum atomic E-state index is 13.1. The smallest absolute Gasteiger partial charge is 0.261 e. The molecule has 0 saturated heterocycles. The van der Waals surface area contributed by atoms with Crippen LogP contribution in [0.2, 0.25) is 0 Å². The van der Waals surface area contributed by atoms with E-state index in [0.717, 1.165) is 33.4 Å². The van der Waals surface area contributed by atoms with Gasteiger partial charge in [0.05, 0.1) is 11.1 Å². The molecule has 2 N–H and O–H groups in total. The van der Waals surface area contributed by atoms with Crippen molar-refractivity contribution < 1.29 is 9.59 Å². The molecule has 4 rings (SSSR count). The maximum absolute atomic E-state index is 13.1. The summed E-state index contributed by atoms with van der Waals surface area (Å²) in [7, 11) is 0. The molecule has 1 aliphatic rings. The first-order chi connectivity index (χ1) is 13.6. The lowest BCUT2D eigenvalue weighted by atomic mass is 9.82. The summed E-state index contributed by atoms with van der Waals surface area (Å²) in [5, 5.41) is 0. The van der Waals surface area contributed by atoms with E-state index in [9.17, 15) is 9.59 Å². The zero-order valence-electron chi connectivity index (χ0n) is 16.0. The van der Waals surface area contributed by atoms with Crippen LogP contribution in [0.5, 0.6) is 0 Å². The third kappa shape index (κ3) is 2.65. The summed E-state index contributed by atoms with van der Waals surface area (Å²) >= 11 is 0. The summed E-state index contributed by atoms with van der Waals surface area (Å²) in [6.45, 7) is 4.35. The van der Waals surface area contributed by atoms with Crippen LogP contribution in [-0.4, -0.2) is 29.8 Å². The van der Waals surface area contributed by atoms with Crippen LogP contribution in [0.3, 0.4) is 0 Å². The minimum Gasteiger partial charge on any atom is -0.329 e. The summed E-state index contributed by atoms with van der Waals surface area (Å²) in [4.78, 5) is 27.4. The molecule has 140 valence electrons. The molecule has 1 aliphatic heterocycles. The highest BCUT2D eigenvalue weighted by Crippen LogP contribution is 2.43. The predicted octanol–water partition coefficient (Wildman–Crippen LogP) is 4.19. The molecule has 0 bridgehead atoms. The highest BCUT2D eigenvalue weighted by Gasteiger charge is 2.40. The zero-order chi connectivity index (χ0) is 19.8. The Hall–Kier alpha value is -3.24. The van der Waals surface area contributed by atoms with Crippen molar-refractivity contribution in [1.29, 1.82) is 0 Å². The fourth-order valence-electron chi connectivity index (χ4n) is 4.16. The summed E-state index contributed by atoms with van der Waals surface area (Å²) in [6, 6.07) is 20.1. The molecular weight excluding hydrogens is 348 g/mol. The number of amides is 2. The van der Waals surface area contributed by atoms with Gasteiger partial charge < -0.3 is 5.73 Å². The van der Waals surface area contributed by atoms with Crippen molar-refractivity contribution in [1.82, 2.24) is 4.90 Å². The van der Waals surface area contributed by atoms with Crippen molar-refractivity contribution in [3.05, 3.63) is 82.9 Å². The van der Waals surface area contributed by atoms with Crippen molar-refractivity contribution >= 4 is 11.8 Å². The Labute approximate surface area is 164 Å². The van der Waals surface area contributed by atoms with Crippen molar-refractivity contribution in [2.24, 2.45) is 5.73 Å². The van der Waals surface area contributed by atoms with Gasteiger partial charge in [0.15, 0.2) is 0 Å². The molecule has 4 nitrogen and oxygen atoms in total. The molecule has 0 spiro atoms. The zero-order valence-corrected chi connectivity index (χ0v) is 16.0. The second-order valence-electron chi connectivity index (χ2n) is 7.03. The van der Waals surface area contributed by atoms with E-state index >= 15 is 0 Å². The molecule has 3 aromatic rings. The number of rotatable bonds is 4. The number of benzene rings is 3. The fraction of sp³-hybridized carbons (Fsp3) is 0.167. The van der Waals surface area contributed by atoms with E-state index in [2.05, 4.69) is 0 Å². The molecule has 28 heavy (non-hydrogen) atoms. The summed E-state index contributed by atoms with van der Waals surface area (Å²) in [5.41, 5.74) is 12.4. The number of fused-ring (bicyclic) bond motifs is 1. The van der Waals surface area contributed by atoms with E-state index in [-0.39, 0.29) is 24.9 Å². The molecule has 2 amide bonds. The van der Waals surface area contributed by atoms with Gasteiger partial charge >= 0.3 is 0 Å². The van der Waals surface area contributed by atoms with Crippen molar-refractivity contribution in [2.75, 3.05) is 13.1 Å². The topological polar surface area (TPSA) is 63.4 Å². The quantitative estimate of drug-likeness (QED) is 0.701. The van der Waals surface area contributed by atoms with Gasteiger partial charge in [-0.25, -0.2) is 0 Å². The van der Waals surface area contributed by atoms with Gasteiger partial charge in [-0.05, 0) is 47.2 Å². The number of carbonyl (C=O) groups excluding carboxylic acids is 2. The first-order valence-corrected chi connectivity index (χ1v) is 9.40. The Kier molecular flexibility index (Phi) is 4.57. The summed E-state index contributed by atoms with van der Waals surface area (Å²) in [5.74, 6) is -0.495. The molecule has 0 saturated carbocycles. The van der Waals surface area contributed by atoms with Crippen LogP contribution < -0.4 is 5.73 Å². The molecule has 0 unspecified atom stereocenters. The van der Waals surface area contributed by atoms with E-state index in [0.29, 0.717) is 11.1 Å². The number of nitrogens with two attached hydrogens (primary N) is 1. The van der Waals surface area contributed by atoms with Gasteiger partial charge in [0.2, 0.25) is 0 Å². The second-order valence-corrected chi connectivity index (χ2v) is 7.03. The van der Waals surface area contributed by atoms with Gasteiger partial charge in [-0.1, -0.05) is 60.7 Å². The van der Waals surface area contributed by atoms with Gasteiger partial charge in [-0.3, -0.25) is 14.5 Å². The highest BCUT2D eigenvalue weighted by atomic mass is 16.2. The predicted molar refractivity (Wildman–Crippen MR) is 111 cm³/mol. The lowest BCUT2D eigenvalue weighted by molar-refractivity contribution is 0.0658. The SMILES string of the molecule is Cc1c2c(c(C)c(-c3ccccc3)c1-c1ccccc1)C(=O)N(CCN)C2=O. The normalized spacial score (nSPS) is 13.2. The van der Waals surface area contributed by atoms with E-state index < -0.39 is 0 Å². The first-order valence-electron chi connectivity index (χ1n) is 9.40. The average molecular weight is 370 g/mol. The molecular formula is C24H22N2O2. The molecule has 0 fully saturated rings. The minimum atomic E-state index is -0.247. The highest BCUT2D eigenvalue weighted by molar-refractivity contribution is 6.24. The largest absolute Gasteiger partial charge is 0.329 e. The Morgan fingerprint density at radius 1 is 0.679 bits per heavy atom. The number of hydrogen-bond acceptors (Lipinski definition) is 3. The van der Waals surface area contributed by atoms with Crippen LogP contribution in [0.4, 0.5) is 0 Å². The molecule has 0 atom stereocenters. The summed E-state index contributed by atoms with van der Waals surface area (Å²) in [6.07, 6.45) is 0. The molecule has 0 aliphatic carbocycles. The average Bonchev–Trinajstić information content (AvgIpc) is 2.97. The Morgan fingerprint density at radius 2 is 1.07 bits per heavy atom. The minimum absolute atomic E-state index is 0.229. The van der Waals surface area contributed by atoms with Crippen LogP contribution in [-0.2, 0) is 0 Å². The third-order valence-electron chi connectivity index (χ3n) is 5.40. The lowest BCUT2D eigenvalue weighted by Crippen LogP contribution is -2.34. The van der Waals surface area contributed by atoms with E-state index in [4.69, 9.17) is 5.73 Å². The fourth-order valence-corrected chi connectivity index (χ4v) is 4.16. The van der Waals surface area contributed by atoms with Crippen molar-refractivity contribution in [2.45, 2.75) is 13.8 Å². The number of carbonyl (C=O) groups is 2. The van der Waals surface area contributed by atoms with Gasteiger partial charge in [0, 0.05) is 13.1 Å². The van der Waals surface area contributed by atoms with Crippen LogP contribution in [0.1, 0.15) is 31.8 Å². The Morgan fingerprint density at radius 3 is 1.43 bits per heavy atom. The molecule has 0 aromatic heterocycles. The molecule has 1 heterocycles. The number of nitrogens with zero attached hydrogens (tertiary/aromatic N) is 1. The molecule has 4 heteroatoms. The van der Waals surface area contributed by atoms with Gasteiger partial charge in [-0.15, -0.1) is 0 Å². The van der Waals surface area contributed by atoms with Gasteiger partial charge in [0.25, 0.3) is 11.8 Å². The second kappa shape index (κ2) is 7.06. The number of hydrogen-bond donors (Lipinski definition) is 1. The van der Waals surface area contributed by atoms with E-state index in [1.165, 1.54) is 4.90 Å². The van der Waals surface area contributed by atoms with Gasteiger partial charge in [-0.2, -0.15) is 0 Å². The van der Waals surface area contributed by atoms with E-state index in [1.807, 2.05) is 74.5 Å². The maximum Gasteiger partial charge on any atom is 0.261 e. The monoisotopic (exact) mass is 370 g/mol. The van der Waals surface area contributed by atoms with Crippen LogP contribution in [0.25, 0.3) is 22.3 Å². The first kappa shape index (κ1) is 18.1. The van der Waals surface area contributed by atoms with Crippen LogP contribution >= 0.6 is 0 Å². The molecule has 3 aromatic carbocycles. The van der Waals surface area contributed by atoms with E-state index in [1.54, 1.807) is 0 Å². The van der Waals surface area contributed by atoms with Crippen LogP contribution in [0.15, 0.2) is 60.7 Å². The van der Waals surface area contributed by atoms with Crippen molar-refractivity contribution in [3.63, 3.8) is 0 Å². The third-order valence-corrected chi connectivity index (χ3v) is 5.40. The lowest BCUT2D eigenvalue weighted by Gasteiger charge is -2.19. The number of imide groups is 1. The molecule has 0 radical (unpaired) electrons. The summed E-state index contributed by atoms with van der Waals surface area (Å²) < 4.78 is 0. The van der Waals surface area contributed by atoms with Crippen LogP contribution in [0, 0.1) is 13.8 Å². The van der Waals surface area contributed by atoms with Gasteiger partial charge in [0.1, 0.15) is 0 Å².